The van der Waals surface area contributed by atoms with Crippen LogP contribution in [0, 0.1) is 50.4 Å². The molecule has 3 fully saturated rings. The zero-order valence-corrected chi connectivity index (χ0v) is 28.1. The van der Waals surface area contributed by atoms with E-state index in [1.165, 1.54) is 18.2 Å². The van der Waals surface area contributed by atoms with Crippen LogP contribution in [0.5, 0.6) is 5.75 Å². The molecule has 0 bridgehead atoms. The van der Waals surface area contributed by atoms with Gasteiger partial charge in [-0.15, -0.1) is 23.2 Å². The van der Waals surface area contributed by atoms with Crippen LogP contribution in [0.4, 0.5) is 33.3 Å². The molecule has 48 heavy (non-hydrogen) atoms. The molecule has 2 saturated heterocycles. The Balaban J connectivity index is 1.44. The van der Waals surface area contributed by atoms with E-state index in [9.17, 15) is 37.5 Å². The standard InChI is InChI=1S/C32H17Cl3F5IN2O5/c33-11-1-8-18(44)16(9-11)20-14-6-7-15-19(28(46)42(27(15)45)13-4-2-12(41)3-5-13)17(14)10-31(34)29(47)43(30(48)32(20,31)35)26-24(39)22(37)21(36)23(38)25(26)40/h1-6,8-9,15,17,19-20,44H,7,10H2. The number of hydrogen-bond acceptors (Lipinski definition) is 5. The van der Waals surface area contributed by atoms with E-state index < -0.39 is 104 Å². The van der Waals surface area contributed by atoms with Gasteiger partial charge in [0.15, 0.2) is 33.0 Å². The van der Waals surface area contributed by atoms with Crippen molar-refractivity contribution in [2.45, 2.75) is 28.5 Å². The van der Waals surface area contributed by atoms with Crippen LogP contribution in [0.1, 0.15) is 24.3 Å². The molecule has 6 atom stereocenters. The zero-order chi connectivity index (χ0) is 34.8. The highest BCUT2D eigenvalue weighted by Gasteiger charge is 2.77. The zero-order valence-electron chi connectivity index (χ0n) is 23.7. The van der Waals surface area contributed by atoms with Gasteiger partial charge in [-0.05, 0) is 83.8 Å². The first-order chi connectivity index (χ1) is 22.6. The van der Waals surface area contributed by atoms with Gasteiger partial charge in [-0.3, -0.25) is 24.1 Å². The Morgan fingerprint density at radius 1 is 0.792 bits per heavy atom. The Morgan fingerprint density at radius 3 is 2.02 bits per heavy atom. The number of alkyl halides is 2. The number of anilines is 2. The van der Waals surface area contributed by atoms with E-state index in [0.29, 0.717) is 0 Å². The van der Waals surface area contributed by atoms with Gasteiger partial charge in [-0.25, -0.2) is 26.9 Å². The Morgan fingerprint density at radius 2 is 1.40 bits per heavy atom. The van der Waals surface area contributed by atoms with Crippen molar-refractivity contribution in [1.82, 2.24) is 0 Å². The SMILES string of the molecule is O=C1C2CC=C3C(CC4(Cl)C(=O)N(c5c(F)c(F)c(F)c(F)c5F)C(=O)C4(Cl)C3c3cc(Cl)ccc3O)C2C(=O)N1c1ccc(I)cc1. The number of phenolic OH excluding ortho intramolecular Hbond substituents is 1. The Labute approximate surface area is 296 Å². The number of fused-ring (bicyclic) bond motifs is 4. The van der Waals surface area contributed by atoms with Gasteiger partial charge in [0.1, 0.15) is 11.4 Å². The number of carbonyl (C=O) groups is 4. The number of carbonyl (C=O) groups excluding carboxylic acids is 4. The Hall–Kier alpha value is -3.27. The minimum atomic E-state index is -2.77. The van der Waals surface area contributed by atoms with Gasteiger partial charge in [-0.2, -0.15) is 0 Å². The number of allylic oxidation sites excluding steroid dienone is 2. The molecule has 7 rings (SSSR count). The summed E-state index contributed by atoms with van der Waals surface area (Å²) in [4.78, 5) is 51.5. The molecule has 2 heterocycles. The third-order valence-corrected chi connectivity index (χ3v) is 12.0. The fourth-order valence-corrected chi connectivity index (χ4v) is 8.98. The summed E-state index contributed by atoms with van der Waals surface area (Å²) in [6.07, 6.45) is 0.809. The molecule has 248 valence electrons. The summed E-state index contributed by atoms with van der Waals surface area (Å²) in [7, 11) is 0. The van der Waals surface area contributed by atoms with Crippen LogP contribution < -0.4 is 9.80 Å². The summed E-state index contributed by atoms with van der Waals surface area (Å²) in [5.41, 5.74) is -1.61. The van der Waals surface area contributed by atoms with E-state index in [1.807, 2.05) is 0 Å². The summed E-state index contributed by atoms with van der Waals surface area (Å²) in [5.74, 6) is -22.3. The second-order valence-electron chi connectivity index (χ2n) is 11.9. The normalized spacial score (nSPS) is 29.6. The monoisotopic (exact) mass is 836 g/mol. The van der Waals surface area contributed by atoms with Gasteiger partial charge in [0.2, 0.25) is 17.6 Å². The maximum Gasteiger partial charge on any atom is 0.258 e. The first-order valence-electron chi connectivity index (χ1n) is 14.2. The van der Waals surface area contributed by atoms with Gasteiger partial charge >= 0.3 is 0 Å². The predicted molar refractivity (Wildman–Crippen MR) is 171 cm³/mol. The van der Waals surface area contributed by atoms with Gasteiger partial charge in [-0.1, -0.05) is 23.3 Å². The largest absolute Gasteiger partial charge is 0.508 e. The lowest BCUT2D eigenvalue weighted by Gasteiger charge is -2.50. The van der Waals surface area contributed by atoms with Gasteiger partial charge in [0.25, 0.3) is 11.8 Å². The number of benzene rings is 3. The lowest BCUT2D eigenvalue weighted by Crippen LogP contribution is -2.60. The number of amides is 4. The van der Waals surface area contributed by atoms with Crippen molar-refractivity contribution < 1.29 is 46.2 Å². The van der Waals surface area contributed by atoms with Crippen molar-refractivity contribution in [1.29, 1.82) is 0 Å². The van der Waals surface area contributed by atoms with Gasteiger partial charge < -0.3 is 5.11 Å². The molecule has 6 unspecified atom stereocenters. The minimum Gasteiger partial charge on any atom is -0.508 e. The van der Waals surface area contributed by atoms with Crippen molar-refractivity contribution in [2.75, 3.05) is 9.80 Å². The van der Waals surface area contributed by atoms with E-state index in [-0.39, 0.29) is 33.2 Å². The molecule has 0 aromatic heterocycles. The molecule has 2 aliphatic carbocycles. The summed E-state index contributed by atoms with van der Waals surface area (Å²) in [6.45, 7) is 0. The summed E-state index contributed by atoms with van der Waals surface area (Å²) >= 11 is 22.4. The number of phenols is 1. The van der Waals surface area contributed by atoms with Crippen LogP contribution in [-0.4, -0.2) is 38.5 Å². The highest BCUT2D eigenvalue weighted by molar-refractivity contribution is 14.1. The lowest BCUT2D eigenvalue weighted by molar-refractivity contribution is -0.125. The van der Waals surface area contributed by atoms with Gasteiger partial charge in [0, 0.05) is 20.1 Å². The first kappa shape index (κ1) is 33.2. The third-order valence-electron chi connectivity index (χ3n) is 9.61. The predicted octanol–water partition coefficient (Wildman–Crippen LogP) is 7.11. The van der Waals surface area contributed by atoms with Crippen LogP contribution in [0.2, 0.25) is 5.02 Å². The van der Waals surface area contributed by atoms with Crippen molar-refractivity contribution in [3.05, 3.63) is 97.4 Å². The van der Waals surface area contributed by atoms with Crippen LogP contribution in [0.3, 0.4) is 0 Å². The molecule has 3 aromatic rings. The smallest absolute Gasteiger partial charge is 0.258 e. The number of imide groups is 2. The number of halogens is 9. The fourth-order valence-electron chi connectivity index (χ4n) is 7.51. The molecule has 1 N–H and O–H groups in total. The topological polar surface area (TPSA) is 95.0 Å². The quantitative estimate of drug-likeness (QED) is 0.0578. The van der Waals surface area contributed by atoms with E-state index in [0.717, 1.165) is 14.5 Å². The summed E-state index contributed by atoms with van der Waals surface area (Å²) in [5, 5.41) is 11.0. The van der Waals surface area contributed by atoms with E-state index in [1.54, 1.807) is 24.3 Å². The van der Waals surface area contributed by atoms with Crippen molar-refractivity contribution in [3.63, 3.8) is 0 Å². The Kier molecular flexibility index (Phi) is 7.70. The molecular formula is C32H17Cl3F5IN2O5. The van der Waals surface area contributed by atoms with E-state index >= 15 is 8.78 Å². The summed E-state index contributed by atoms with van der Waals surface area (Å²) in [6, 6.07) is 10.2. The van der Waals surface area contributed by atoms with E-state index in [4.69, 9.17) is 34.8 Å². The summed E-state index contributed by atoms with van der Waals surface area (Å²) < 4.78 is 73.9. The fraction of sp³-hybridized carbons (Fsp3) is 0.250. The lowest BCUT2D eigenvalue weighted by atomic mass is 9.56. The number of aromatic hydroxyl groups is 1. The van der Waals surface area contributed by atoms with Crippen molar-refractivity contribution >= 4 is 92.4 Å². The number of rotatable bonds is 3. The van der Waals surface area contributed by atoms with Crippen LogP contribution in [0.15, 0.2) is 54.1 Å². The molecule has 2 aliphatic heterocycles. The molecule has 4 aliphatic rings. The van der Waals surface area contributed by atoms with Crippen molar-refractivity contribution in [2.24, 2.45) is 17.8 Å². The Bertz CT molecular complexity index is 2020. The molecule has 0 spiro atoms. The minimum absolute atomic E-state index is 0.0186. The van der Waals surface area contributed by atoms with E-state index in [2.05, 4.69) is 22.6 Å². The first-order valence-corrected chi connectivity index (χ1v) is 16.4. The van der Waals surface area contributed by atoms with Crippen LogP contribution in [-0.2, 0) is 19.2 Å². The molecule has 16 heteroatoms. The van der Waals surface area contributed by atoms with Gasteiger partial charge in [0.05, 0.1) is 17.5 Å². The number of hydrogen-bond donors (Lipinski definition) is 1. The molecular weight excluding hydrogens is 821 g/mol. The van der Waals surface area contributed by atoms with Crippen LogP contribution >= 0.6 is 57.4 Å². The molecule has 0 radical (unpaired) electrons. The molecule has 3 aromatic carbocycles. The highest BCUT2D eigenvalue weighted by Crippen LogP contribution is 2.67. The van der Waals surface area contributed by atoms with Crippen molar-refractivity contribution in [3.8, 4) is 5.75 Å². The highest BCUT2D eigenvalue weighted by atomic mass is 127. The van der Waals surface area contributed by atoms with Crippen LogP contribution in [0.25, 0.3) is 0 Å². The average molecular weight is 838 g/mol. The maximum absolute atomic E-state index is 15.2. The molecule has 4 amide bonds. The molecule has 7 nitrogen and oxygen atoms in total. The molecule has 1 saturated carbocycles. The average Bonchev–Trinajstić information content (AvgIpc) is 3.39. The third kappa shape index (κ3) is 4.22. The number of nitrogens with zero attached hydrogens (tertiary/aromatic N) is 2. The second kappa shape index (κ2) is 11.1. The maximum atomic E-state index is 15.2. The second-order valence-corrected chi connectivity index (χ2v) is 14.8.